The van der Waals surface area contributed by atoms with E-state index in [2.05, 4.69) is 25.6 Å². The summed E-state index contributed by atoms with van der Waals surface area (Å²) in [6, 6.07) is 17.7. The third kappa shape index (κ3) is 4.76. The number of nitrogens with zero attached hydrogens (tertiary/aromatic N) is 4. The lowest BCUT2D eigenvalue weighted by Gasteiger charge is -2.13. The number of hydrogen-bond acceptors (Lipinski definition) is 7. The Morgan fingerprint density at radius 2 is 1.75 bits per heavy atom. The van der Waals surface area contributed by atoms with Crippen molar-refractivity contribution in [3.63, 3.8) is 0 Å². The number of aromatic amines is 1. The number of hydrogen-bond donors (Lipinski definition) is 1. The maximum absolute atomic E-state index is 12.1. The highest BCUT2D eigenvalue weighted by atomic mass is 35.5. The van der Waals surface area contributed by atoms with Crippen LogP contribution in [0.4, 0.5) is 0 Å². The number of esters is 1. The number of carbonyl (C=O) groups excluding carboxylic acids is 1. The first-order valence-electron chi connectivity index (χ1n) is 9.68. The summed E-state index contributed by atoms with van der Waals surface area (Å²) < 4.78 is 10.8. The third-order valence-corrected chi connectivity index (χ3v) is 4.87. The molecule has 0 aliphatic carbocycles. The van der Waals surface area contributed by atoms with Crippen molar-refractivity contribution in [2.75, 3.05) is 7.11 Å². The topological polar surface area (TPSA) is 103 Å². The third-order valence-electron chi connectivity index (χ3n) is 4.87. The van der Waals surface area contributed by atoms with Gasteiger partial charge in [0.1, 0.15) is 17.9 Å². The number of halogens is 1. The molecule has 2 aromatic heterocycles. The number of carbonyl (C=O) groups is 1. The summed E-state index contributed by atoms with van der Waals surface area (Å²) in [5.74, 6) is 0.611. The van der Waals surface area contributed by atoms with Crippen molar-refractivity contribution < 1.29 is 14.3 Å². The summed E-state index contributed by atoms with van der Waals surface area (Å²) in [5, 5.41) is 14.2. The first-order chi connectivity index (χ1) is 15.1. The molecule has 0 bridgehead atoms. The molecule has 0 saturated heterocycles. The van der Waals surface area contributed by atoms with E-state index in [-0.39, 0.29) is 12.4 Å². The van der Waals surface area contributed by atoms with Gasteiger partial charge >= 0.3 is 5.97 Å². The number of ether oxygens (including phenoxy) is 2. The van der Waals surface area contributed by atoms with Crippen LogP contribution in [0.1, 0.15) is 27.3 Å². The van der Waals surface area contributed by atoms with Gasteiger partial charge in [-0.1, -0.05) is 48.5 Å². The van der Waals surface area contributed by atoms with E-state index < -0.39 is 5.97 Å². The zero-order valence-electron chi connectivity index (χ0n) is 17.8. The molecule has 1 N–H and O–H groups in total. The second-order valence-corrected chi connectivity index (χ2v) is 6.99. The molecular formula is C23H22ClN5O3. The largest absolute Gasteiger partial charge is 0.488 e. The molecule has 2 heterocycles. The van der Waals surface area contributed by atoms with Crippen molar-refractivity contribution in [3.8, 4) is 28.3 Å². The Labute approximate surface area is 191 Å². The van der Waals surface area contributed by atoms with E-state index in [0.29, 0.717) is 29.4 Å². The van der Waals surface area contributed by atoms with Gasteiger partial charge < -0.3 is 9.47 Å². The normalized spacial score (nSPS) is 10.3. The Kier molecular flexibility index (Phi) is 7.17. The van der Waals surface area contributed by atoms with E-state index in [0.717, 1.165) is 27.9 Å². The zero-order chi connectivity index (χ0) is 21.8. The maximum Gasteiger partial charge on any atom is 0.343 e. The van der Waals surface area contributed by atoms with Crippen LogP contribution < -0.4 is 4.74 Å². The van der Waals surface area contributed by atoms with Crippen molar-refractivity contribution in [1.82, 2.24) is 25.6 Å². The van der Waals surface area contributed by atoms with Crippen molar-refractivity contribution in [2.24, 2.45) is 0 Å². The lowest BCUT2D eigenvalue weighted by molar-refractivity contribution is 0.0594. The van der Waals surface area contributed by atoms with Crippen LogP contribution in [0.15, 0.2) is 54.6 Å². The van der Waals surface area contributed by atoms with Crippen LogP contribution in [0.3, 0.4) is 0 Å². The quantitative estimate of drug-likeness (QED) is 0.435. The summed E-state index contributed by atoms with van der Waals surface area (Å²) in [5.41, 5.74) is 5.62. The number of tetrazole rings is 1. The molecule has 0 unspecified atom stereocenters. The molecule has 32 heavy (non-hydrogen) atoms. The number of benzene rings is 2. The van der Waals surface area contributed by atoms with Gasteiger partial charge in [-0.15, -0.1) is 17.5 Å². The van der Waals surface area contributed by atoms with Crippen LogP contribution in [0, 0.1) is 13.8 Å². The van der Waals surface area contributed by atoms with Gasteiger partial charge in [-0.2, -0.15) is 0 Å². The molecule has 0 spiro atoms. The average Bonchev–Trinajstić information content (AvgIpc) is 3.32. The second-order valence-electron chi connectivity index (χ2n) is 6.99. The first kappa shape index (κ1) is 22.9. The predicted octanol–water partition coefficient (Wildman–Crippen LogP) is 4.33. The van der Waals surface area contributed by atoms with Crippen molar-refractivity contribution in [3.05, 3.63) is 77.1 Å². The molecule has 0 atom stereocenters. The zero-order valence-corrected chi connectivity index (χ0v) is 18.6. The smallest absolute Gasteiger partial charge is 0.343 e. The predicted molar refractivity (Wildman–Crippen MR) is 122 cm³/mol. The summed E-state index contributed by atoms with van der Waals surface area (Å²) in [4.78, 5) is 16.5. The molecule has 164 valence electrons. The summed E-state index contributed by atoms with van der Waals surface area (Å²) in [6.45, 7) is 3.93. The lowest BCUT2D eigenvalue weighted by Crippen LogP contribution is -2.10. The van der Waals surface area contributed by atoms with Gasteiger partial charge in [0.15, 0.2) is 5.82 Å². The highest BCUT2D eigenvalue weighted by molar-refractivity contribution is 5.93. The fourth-order valence-electron chi connectivity index (χ4n) is 3.41. The van der Waals surface area contributed by atoms with Crippen LogP contribution in [0.5, 0.6) is 5.75 Å². The molecule has 0 fully saturated rings. The Morgan fingerprint density at radius 3 is 2.41 bits per heavy atom. The van der Waals surface area contributed by atoms with Gasteiger partial charge in [0.05, 0.1) is 12.8 Å². The lowest BCUT2D eigenvalue weighted by atomic mass is 9.98. The van der Waals surface area contributed by atoms with Crippen LogP contribution in [-0.4, -0.2) is 38.7 Å². The molecule has 4 aromatic rings. The fourth-order valence-corrected chi connectivity index (χ4v) is 3.41. The van der Waals surface area contributed by atoms with Crippen LogP contribution in [-0.2, 0) is 11.3 Å². The molecule has 0 aliphatic heterocycles. The minimum atomic E-state index is -0.464. The van der Waals surface area contributed by atoms with Gasteiger partial charge in [-0.3, -0.25) is 4.98 Å². The van der Waals surface area contributed by atoms with E-state index in [1.807, 2.05) is 55.5 Å². The molecule has 0 saturated carbocycles. The van der Waals surface area contributed by atoms with Crippen molar-refractivity contribution >= 4 is 18.4 Å². The number of pyridine rings is 1. The second kappa shape index (κ2) is 10.0. The summed E-state index contributed by atoms with van der Waals surface area (Å²) in [7, 11) is 1.34. The molecule has 2 aromatic carbocycles. The maximum atomic E-state index is 12.1. The molecule has 8 nitrogen and oxygen atoms in total. The Hall–Kier alpha value is -3.78. The van der Waals surface area contributed by atoms with Gasteiger partial charge in [0, 0.05) is 17.3 Å². The highest BCUT2D eigenvalue weighted by Crippen LogP contribution is 2.30. The van der Waals surface area contributed by atoms with E-state index in [1.54, 1.807) is 13.0 Å². The summed E-state index contributed by atoms with van der Waals surface area (Å²) >= 11 is 0. The fraction of sp³-hybridized carbons (Fsp3) is 0.174. The minimum absolute atomic E-state index is 0. The van der Waals surface area contributed by atoms with E-state index in [1.165, 1.54) is 7.11 Å². The number of methoxy groups -OCH3 is 1. The van der Waals surface area contributed by atoms with Gasteiger partial charge in [-0.25, -0.2) is 9.89 Å². The molecule has 0 aliphatic rings. The van der Waals surface area contributed by atoms with Crippen LogP contribution in [0.25, 0.3) is 22.5 Å². The Bertz CT molecular complexity index is 1210. The SMILES string of the molecule is COC(=O)c1c(OCc2ccc(-c3ccccc3-c3nnn[nH]3)cc2)cc(C)nc1C.Cl. The first-order valence-corrected chi connectivity index (χ1v) is 9.68. The van der Waals surface area contributed by atoms with Gasteiger partial charge in [0.25, 0.3) is 0 Å². The van der Waals surface area contributed by atoms with Crippen LogP contribution >= 0.6 is 12.4 Å². The van der Waals surface area contributed by atoms with Gasteiger partial charge in [-0.05, 0) is 41.0 Å². The Morgan fingerprint density at radius 1 is 1.03 bits per heavy atom. The van der Waals surface area contributed by atoms with Crippen molar-refractivity contribution in [1.29, 1.82) is 0 Å². The monoisotopic (exact) mass is 451 g/mol. The molecule has 0 radical (unpaired) electrons. The average molecular weight is 452 g/mol. The number of H-pyrrole nitrogens is 1. The van der Waals surface area contributed by atoms with E-state index in [9.17, 15) is 4.79 Å². The minimum Gasteiger partial charge on any atom is -0.488 e. The van der Waals surface area contributed by atoms with Crippen LogP contribution in [0.2, 0.25) is 0 Å². The number of aromatic nitrogens is 5. The van der Waals surface area contributed by atoms with E-state index in [4.69, 9.17) is 9.47 Å². The standard InChI is InChI=1S/C23H21N5O3.ClH/c1-14-12-20(21(15(2)24-14)23(29)30-3)31-13-16-8-10-17(11-9-16)18-6-4-5-7-19(18)22-25-27-28-26-22;/h4-12H,13H2,1-3H3,(H,25,26,27,28);1H. The number of aryl methyl sites for hydroxylation is 2. The van der Waals surface area contributed by atoms with Crippen molar-refractivity contribution in [2.45, 2.75) is 20.5 Å². The highest BCUT2D eigenvalue weighted by Gasteiger charge is 2.18. The molecule has 0 amide bonds. The summed E-state index contributed by atoms with van der Waals surface area (Å²) in [6.07, 6.45) is 0. The molecular weight excluding hydrogens is 430 g/mol. The molecule has 4 rings (SSSR count). The number of nitrogens with one attached hydrogen (secondary N) is 1. The van der Waals surface area contributed by atoms with Gasteiger partial charge in [0.2, 0.25) is 0 Å². The molecule has 9 heteroatoms. The van der Waals surface area contributed by atoms with E-state index >= 15 is 0 Å². The Balaban J connectivity index is 0.00000289. The number of rotatable bonds is 6.